The third kappa shape index (κ3) is 2.85. The SMILES string of the molecule is CC(C)(C)c1cnc(-c2nc3cc4nc(C(C)(C)C)[nH]c4cc3[nH]2)cn1. The molecule has 134 valence electrons. The summed E-state index contributed by atoms with van der Waals surface area (Å²) >= 11 is 0. The number of imidazole rings is 2. The third-order valence-corrected chi connectivity index (χ3v) is 4.46. The fourth-order valence-corrected chi connectivity index (χ4v) is 2.83. The minimum absolute atomic E-state index is 0.0181. The van der Waals surface area contributed by atoms with Gasteiger partial charge in [0.2, 0.25) is 0 Å². The van der Waals surface area contributed by atoms with Gasteiger partial charge in [0.15, 0.2) is 5.82 Å². The van der Waals surface area contributed by atoms with Crippen LogP contribution in [0.5, 0.6) is 0 Å². The summed E-state index contributed by atoms with van der Waals surface area (Å²) in [6.07, 6.45) is 3.60. The van der Waals surface area contributed by atoms with Crippen LogP contribution in [-0.2, 0) is 10.8 Å². The molecule has 0 aliphatic rings. The van der Waals surface area contributed by atoms with Gasteiger partial charge in [-0.2, -0.15) is 0 Å². The number of aromatic nitrogens is 6. The number of hydrogen-bond acceptors (Lipinski definition) is 4. The van der Waals surface area contributed by atoms with Crippen LogP contribution in [0.2, 0.25) is 0 Å². The molecule has 0 atom stereocenters. The molecule has 0 bridgehead atoms. The van der Waals surface area contributed by atoms with E-state index in [1.807, 2.05) is 12.3 Å². The Balaban J connectivity index is 1.76. The number of benzene rings is 1. The van der Waals surface area contributed by atoms with Crippen molar-refractivity contribution in [2.75, 3.05) is 0 Å². The van der Waals surface area contributed by atoms with Gasteiger partial charge < -0.3 is 9.97 Å². The van der Waals surface area contributed by atoms with Gasteiger partial charge in [-0.05, 0) is 12.1 Å². The van der Waals surface area contributed by atoms with Gasteiger partial charge in [0, 0.05) is 17.0 Å². The molecule has 3 aromatic heterocycles. The second-order valence-corrected chi connectivity index (χ2v) is 8.84. The molecular weight excluding hydrogens is 324 g/mol. The van der Waals surface area contributed by atoms with Crippen LogP contribution in [0.3, 0.4) is 0 Å². The molecule has 6 heteroatoms. The van der Waals surface area contributed by atoms with Crippen LogP contribution in [0, 0.1) is 0 Å². The first-order valence-electron chi connectivity index (χ1n) is 8.84. The van der Waals surface area contributed by atoms with Gasteiger partial charge in [0.25, 0.3) is 0 Å². The van der Waals surface area contributed by atoms with Crippen LogP contribution in [0.25, 0.3) is 33.6 Å². The number of nitrogens with one attached hydrogen (secondary N) is 2. The lowest BCUT2D eigenvalue weighted by Crippen LogP contribution is -2.13. The van der Waals surface area contributed by atoms with Gasteiger partial charge in [-0.3, -0.25) is 4.98 Å². The second kappa shape index (κ2) is 5.37. The zero-order chi connectivity index (χ0) is 18.7. The van der Waals surface area contributed by atoms with E-state index in [0.29, 0.717) is 0 Å². The summed E-state index contributed by atoms with van der Waals surface area (Å²) in [7, 11) is 0. The van der Waals surface area contributed by atoms with E-state index in [0.717, 1.165) is 45.1 Å². The summed E-state index contributed by atoms with van der Waals surface area (Å²) in [6.45, 7) is 12.8. The van der Waals surface area contributed by atoms with E-state index in [2.05, 4.69) is 72.5 Å². The summed E-state index contributed by atoms with van der Waals surface area (Å²) in [5.74, 6) is 1.70. The third-order valence-electron chi connectivity index (χ3n) is 4.46. The summed E-state index contributed by atoms with van der Waals surface area (Å²) in [4.78, 5) is 25.2. The molecule has 4 aromatic rings. The maximum atomic E-state index is 4.72. The highest BCUT2D eigenvalue weighted by atomic mass is 15.0. The minimum Gasteiger partial charge on any atom is -0.341 e. The average Bonchev–Trinajstić information content (AvgIpc) is 3.14. The van der Waals surface area contributed by atoms with Crippen molar-refractivity contribution in [2.45, 2.75) is 52.4 Å². The quantitative estimate of drug-likeness (QED) is 0.531. The molecule has 6 nitrogen and oxygen atoms in total. The van der Waals surface area contributed by atoms with Crippen LogP contribution in [0.15, 0.2) is 24.5 Å². The Kier molecular flexibility index (Phi) is 3.45. The molecule has 2 N–H and O–H groups in total. The number of H-pyrrole nitrogens is 2. The standard InChI is InChI=1S/C20H24N6/c1-19(2,3)16-10-21-15(9-22-16)17-23-11-7-13-14(8-12(11)24-17)26-18(25-13)20(4,5)6/h7-10H,1-6H3,(H,23,24)(H,25,26). The molecule has 0 amide bonds. The lowest BCUT2D eigenvalue weighted by molar-refractivity contribution is 0.554. The Morgan fingerprint density at radius 2 is 1.42 bits per heavy atom. The van der Waals surface area contributed by atoms with Crippen molar-refractivity contribution in [2.24, 2.45) is 0 Å². The number of rotatable bonds is 1. The number of fused-ring (bicyclic) bond motifs is 2. The maximum absolute atomic E-state index is 4.72. The minimum atomic E-state index is -0.0192. The molecular formula is C20H24N6. The molecule has 0 aliphatic heterocycles. The van der Waals surface area contributed by atoms with Crippen molar-refractivity contribution in [1.29, 1.82) is 0 Å². The molecule has 0 saturated heterocycles. The van der Waals surface area contributed by atoms with Gasteiger partial charge in [-0.15, -0.1) is 0 Å². The van der Waals surface area contributed by atoms with Gasteiger partial charge in [-0.25, -0.2) is 15.0 Å². The van der Waals surface area contributed by atoms with Gasteiger partial charge in [0.05, 0.1) is 34.0 Å². The molecule has 0 aliphatic carbocycles. The second-order valence-electron chi connectivity index (χ2n) is 8.84. The van der Waals surface area contributed by atoms with Crippen molar-refractivity contribution >= 4 is 22.1 Å². The fraction of sp³-hybridized carbons (Fsp3) is 0.400. The lowest BCUT2D eigenvalue weighted by atomic mass is 9.93. The highest BCUT2D eigenvalue weighted by Gasteiger charge is 2.19. The average molecular weight is 348 g/mol. The summed E-state index contributed by atoms with van der Waals surface area (Å²) in [6, 6.07) is 4.06. The van der Waals surface area contributed by atoms with Gasteiger partial charge in [-0.1, -0.05) is 41.5 Å². The van der Waals surface area contributed by atoms with E-state index in [9.17, 15) is 0 Å². The monoisotopic (exact) mass is 348 g/mol. The van der Waals surface area contributed by atoms with Crippen molar-refractivity contribution in [3.8, 4) is 11.5 Å². The lowest BCUT2D eigenvalue weighted by Gasteiger charge is -2.16. The molecule has 0 unspecified atom stereocenters. The first-order chi connectivity index (χ1) is 12.1. The molecule has 4 rings (SSSR count). The molecule has 0 saturated carbocycles. The first-order valence-corrected chi connectivity index (χ1v) is 8.84. The van der Waals surface area contributed by atoms with Crippen LogP contribution >= 0.6 is 0 Å². The Bertz CT molecular complexity index is 1040. The van der Waals surface area contributed by atoms with Crippen molar-refractivity contribution in [1.82, 2.24) is 29.9 Å². The van der Waals surface area contributed by atoms with Crippen molar-refractivity contribution in [3.63, 3.8) is 0 Å². The largest absolute Gasteiger partial charge is 0.341 e. The zero-order valence-electron chi connectivity index (χ0n) is 16.1. The molecule has 3 heterocycles. The first kappa shape index (κ1) is 16.7. The predicted octanol–water partition coefficient (Wildman–Crippen LogP) is 4.49. The maximum Gasteiger partial charge on any atom is 0.158 e. The molecule has 0 spiro atoms. The molecule has 26 heavy (non-hydrogen) atoms. The van der Waals surface area contributed by atoms with Gasteiger partial charge >= 0.3 is 0 Å². The Morgan fingerprint density at radius 3 is 2.04 bits per heavy atom. The predicted molar refractivity (Wildman–Crippen MR) is 104 cm³/mol. The molecule has 0 radical (unpaired) electrons. The zero-order valence-corrected chi connectivity index (χ0v) is 16.1. The van der Waals surface area contributed by atoms with Crippen LogP contribution in [-0.4, -0.2) is 29.9 Å². The van der Waals surface area contributed by atoms with Crippen molar-refractivity contribution < 1.29 is 0 Å². The van der Waals surface area contributed by atoms with Crippen LogP contribution < -0.4 is 0 Å². The fourth-order valence-electron chi connectivity index (χ4n) is 2.83. The van der Waals surface area contributed by atoms with E-state index in [1.54, 1.807) is 6.20 Å². The normalized spacial score (nSPS) is 13.0. The molecule has 1 aromatic carbocycles. The number of hydrogen-bond donors (Lipinski definition) is 2. The summed E-state index contributed by atoms with van der Waals surface area (Å²) < 4.78 is 0. The van der Waals surface area contributed by atoms with Gasteiger partial charge in [0.1, 0.15) is 11.5 Å². The number of aromatic amines is 2. The highest BCUT2D eigenvalue weighted by molar-refractivity contribution is 5.92. The van der Waals surface area contributed by atoms with Crippen molar-refractivity contribution in [3.05, 3.63) is 36.0 Å². The Morgan fingerprint density at radius 1 is 0.731 bits per heavy atom. The number of nitrogens with zero attached hydrogens (tertiary/aromatic N) is 4. The van der Waals surface area contributed by atoms with E-state index in [4.69, 9.17) is 4.98 Å². The van der Waals surface area contributed by atoms with E-state index in [-0.39, 0.29) is 10.8 Å². The van der Waals surface area contributed by atoms with E-state index >= 15 is 0 Å². The van der Waals surface area contributed by atoms with E-state index < -0.39 is 0 Å². The summed E-state index contributed by atoms with van der Waals surface area (Å²) in [5, 5.41) is 0. The van der Waals surface area contributed by atoms with E-state index in [1.165, 1.54) is 0 Å². The topological polar surface area (TPSA) is 83.1 Å². The van der Waals surface area contributed by atoms with Crippen LogP contribution in [0.4, 0.5) is 0 Å². The summed E-state index contributed by atoms with van der Waals surface area (Å²) in [5.41, 5.74) is 5.43. The Labute approximate surface area is 152 Å². The van der Waals surface area contributed by atoms with Crippen LogP contribution in [0.1, 0.15) is 53.1 Å². The smallest absolute Gasteiger partial charge is 0.158 e. The Hall–Kier alpha value is -2.76. The highest BCUT2D eigenvalue weighted by Crippen LogP contribution is 2.27. The molecule has 0 fully saturated rings.